The van der Waals surface area contributed by atoms with E-state index in [1.54, 1.807) is 65.8 Å². The lowest BCUT2D eigenvalue weighted by Gasteiger charge is -2.33. The predicted octanol–water partition coefficient (Wildman–Crippen LogP) is 5.13. The van der Waals surface area contributed by atoms with Crippen LogP contribution in [0, 0.1) is 0 Å². The monoisotopic (exact) mass is 747 g/mol. The Hall–Kier alpha value is -3.85. The number of rotatable bonds is 18. The van der Waals surface area contributed by atoms with E-state index in [9.17, 15) is 24.6 Å². The number of aliphatic hydroxyl groups excluding tert-OH is 3. The summed E-state index contributed by atoms with van der Waals surface area (Å²) in [5.41, 5.74) is -0.0197. The van der Waals surface area contributed by atoms with Gasteiger partial charge in [0.05, 0.1) is 50.6 Å². The Morgan fingerprint density at radius 2 is 1.19 bits per heavy atom. The number of benzene rings is 2. The minimum absolute atomic E-state index is 0.133. The molecule has 2 aromatic rings. The lowest BCUT2D eigenvalue weighted by atomic mass is 9.99. The molecule has 52 heavy (non-hydrogen) atoms. The van der Waals surface area contributed by atoms with Crippen molar-refractivity contribution < 1.29 is 48.7 Å². The summed E-state index contributed by atoms with van der Waals surface area (Å²) in [6.45, 7) is 16.3. The average molecular weight is 748 g/mol. The molecule has 0 aliphatic heterocycles. The summed E-state index contributed by atoms with van der Waals surface area (Å²) in [4.78, 5) is 40.7. The second-order valence-electron chi connectivity index (χ2n) is 16.1. The van der Waals surface area contributed by atoms with Crippen LogP contribution in [-0.2, 0) is 27.1 Å². The molecule has 0 aliphatic rings. The molecule has 0 saturated carbocycles. The van der Waals surface area contributed by atoms with Crippen LogP contribution in [0.4, 0.5) is 14.4 Å². The third-order valence-electron chi connectivity index (χ3n) is 7.52. The van der Waals surface area contributed by atoms with Crippen molar-refractivity contribution in [2.24, 2.45) is 0 Å². The van der Waals surface area contributed by atoms with E-state index in [0.717, 1.165) is 11.1 Å². The molecule has 0 aromatic heterocycles. The van der Waals surface area contributed by atoms with Gasteiger partial charge in [-0.2, -0.15) is 0 Å². The number of carbonyl (C=O) groups is 3. The van der Waals surface area contributed by atoms with Crippen molar-refractivity contribution in [3.63, 3.8) is 0 Å². The third kappa shape index (κ3) is 18.6. The Bertz CT molecular complexity index is 1370. The molecule has 13 nitrogen and oxygen atoms in total. The van der Waals surface area contributed by atoms with Gasteiger partial charge in [-0.1, -0.05) is 62.1 Å². The SMILES string of the molecule is CC(C)(C)OC(=O)N[C@@H](Cc1ccccc1)[C@H](O)CN(C[C@@H](O)[C@H](Cc1ccc(OCCO)cc1)NC(=O)OC(C)(C)C)C(=O)OCC[Si](C)(C)C. The Morgan fingerprint density at radius 1 is 0.731 bits per heavy atom. The normalized spacial score (nSPS) is 14.3. The number of hydrogen-bond donors (Lipinski definition) is 5. The quantitative estimate of drug-likeness (QED) is 0.102. The summed E-state index contributed by atoms with van der Waals surface area (Å²) in [6, 6.07) is 15.1. The summed E-state index contributed by atoms with van der Waals surface area (Å²) < 4.78 is 22.1. The zero-order chi connectivity index (χ0) is 39.1. The van der Waals surface area contributed by atoms with Gasteiger partial charge in [0.15, 0.2) is 0 Å². The van der Waals surface area contributed by atoms with Crippen LogP contribution in [0.15, 0.2) is 54.6 Å². The fourth-order valence-corrected chi connectivity index (χ4v) is 5.67. The van der Waals surface area contributed by atoms with Crippen LogP contribution in [0.3, 0.4) is 0 Å². The Morgan fingerprint density at radius 3 is 1.62 bits per heavy atom. The second kappa shape index (κ2) is 20.4. The number of alkyl carbamates (subject to hydrolysis) is 2. The van der Waals surface area contributed by atoms with Gasteiger partial charge in [-0.25, -0.2) is 14.4 Å². The van der Waals surface area contributed by atoms with Gasteiger partial charge >= 0.3 is 18.3 Å². The molecule has 292 valence electrons. The smallest absolute Gasteiger partial charge is 0.409 e. The van der Waals surface area contributed by atoms with Gasteiger partial charge in [-0.15, -0.1) is 0 Å². The van der Waals surface area contributed by atoms with Gasteiger partial charge in [0.2, 0.25) is 0 Å². The summed E-state index contributed by atoms with van der Waals surface area (Å²) in [6.07, 6.45) is -4.52. The Balaban J connectivity index is 2.40. The van der Waals surface area contributed by atoms with Gasteiger partial charge in [-0.3, -0.25) is 0 Å². The molecule has 0 unspecified atom stereocenters. The zero-order valence-electron chi connectivity index (χ0n) is 32.3. The molecule has 0 saturated heterocycles. The number of amides is 3. The third-order valence-corrected chi connectivity index (χ3v) is 9.23. The molecular formula is C38H61N3O10Si. The molecule has 5 N–H and O–H groups in total. The fraction of sp³-hybridized carbons (Fsp3) is 0.605. The zero-order valence-corrected chi connectivity index (χ0v) is 33.3. The van der Waals surface area contributed by atoms with Crippen molar-refractivity contribution in [3.05, 3.63) is 65.7 Å². The minimum Gasteiger partial charge on any atom is -0.491 e. The van der Waals surface area contributed by atoms with Crippen LogP contribution in [-0.4, -0.2) is 115 Å². The van der Waals surface area contributed by atoms with E-state index >= 15 is 0 Å². The highest BCUT2D eigenvalue weighted by Gasteiger charge is 2.33. The lowest BCUT2D eigenvalue weighted by Crippen LogP contribution is -2.55. The number of ether oxygens (including phenoxy) is 4. The van der Waals surface area contributed by atoms with Crippen molar-refractivity contribution >= 4 is 26.4 Å². The molecule has 0 radical (unpaired) electrons. The van der Waals surface area contributed by atoms with Gasteiger partial charge < -0.3 is 49.8 Å². The molecule has 2 aromatic carbocycles. The van der Waals surface area contributed by atoms with Gasteiger partial charge in [0.1, 0.15) is 23.6 Å². The molecule has 3 amide bonds. The number of nitrogens with zero attached hydrogens (tertiary/aromatic N) is 1. The molecule has 14 heteroatoms. The van der Waals surface area contributed by atoms with Crippen LogP contribution in [0.2, 0.25) is 25.7 Å². The first kappa shape index (κ1) is 44.3. The standard InChI is InChI=1S/C38H61N3O10Si/c1-37(2,3)50-34(45)39-30(23-27-13-11-10-12-14-27)32(43)25-41(36(47)49-21-22-52(7,8)9)26-33(44)31(40-35(46)51-38(4,5)6)24-28-15-17-29(18-16-28)48-20-19-42/h10-18,30-33,42-44H,19-26H2,1-9H3,(H,39,45)(H,40,46)/t30-,31-,32+,33+/m0/s1. The first-order valence-electron chi connectivity index (χ1n) is 17.8. The summed E-state index contributed by atoms with van der Waals surface area (Å²) in [5, 5.41) is 37.9. The minimum atomic E-state index is -1.57. The highest BCUT2D eigenvalue weighted by atomic mass is 28.3. The predicted molar refractivity (Wildman–Crippen MR) is 202 cm³/mol. The summed E-state index contributed by atoms with van der Waals surface area (Å²) in [7, 11) is -1.57. The molecule has 2 rings (SSSR count). The number of carbonyl (C=O) groups excluding carboxylic acids is 3. The second-order valence-corrected chi connectivity index (χ2v) is 21.7. The summed E-state index contributed by atoms with van der Waals surface area (Å²) in [5.74, 6) is 0.543. The maximum absolute atomic E-state index is 13.6. The van der Waals surface area contributed by atoms with E-state index in [1.807, 2.05) is 30.3 Å². The molecule has 0 aliphatic carbocycles. The number of nitrogens with one attached hydrogen (secondary N) is 2. The lowest BCUT2D eigenvalue weighted by molar-refractivity contribution is 0.0181. The van der Waals surface area contributed by atoms with Crippen LogP contribution in [0.1, 0.15) is 52.7 Å². The van der Waals surface area contributed by atoms with Crippen LogP contribution in [0.25, 0.3) is 0 Å². The molecule has 0 spiro atoms. The first-order chi connectivity index (χ1) is 24.1. The van der Waals surface area contributed by atoms with Crippen molar-refractivity contribution in [1.82, 2.24) is 15.5 Å². The number of hydrogen-bond acceptors (Lipinski definition) is 10. The van der Waals surface area contributed by atoms with Gasteiger partial charge in [0, 0.05) is 8.07 Å². The van der Waals surface area contributed by atoms with Crippen molar-refractivity contribution in [3.8, 4) is 5.75 Å². The molecule has 0 heterocycles. The maximum Gasteiger partial charge on any atom is 0.409 e. The van der Waals surface area contributed by atoms with Crippen LogP contribution in [0.5, 0.6) is 5.75 Å². The van der Waals surface area contributed by atoms with Crippen molar-refractivity contribution in [2.45, 2.75) is 116 Å². The summed E-state index contributed by atoms with van der Waals surface area (Å²) >= 11 is 0. The van der Waals surface area contributed by atoms with E-state index in [-0.39, 0.29) is 45.8 Å². The largest absolute Gasteiger partial charge is 0.491 e. The Labute approximate surface area is 310 Å². The number of aliphatic hydroxyl groups is 3. The van der Waals surface area contributed by atoms with Gasteiger partial charge in [-0.05, 0) is 83.7 Å². The molecule has 4 atom stereocenters. The van der Waals surface area contributed by atoms with E-state index in [1.165, 1.54) is 4.90 Å². The Kier molecular flexibility index (Phi) is 17.4. The topological polar surface area (TPSA) is 176 Å². The van der Waals surface area contributed by atoms with E-state index in [0.29, 0.717) is 11.8 Å². The van der Waals surface area contributed by atoms with E-state index < -0.39 is 61.8 Å². The van der Waals surface area contributed by atoms with Gasteiger partial charge in [0.25, 0.3) is 0 Å². The van der Waals surface area contributed by atoms with E-state index in [2.05, 4.69) is 30.3 Å². The van der Waals surface area contributed by atoms with Crippen molar-refractivity contribution in [2.75, 3.05) is 32.9 Å². The molecular weight excluding hydrogens is 687 g/mol. The van der Waals surface area contributed by atoms with E-state index in [4.69, 9.17) is 24.1 Å². The maximum atomic E-state index is 13.6. The van der Waals surface area contributed by atoms with Crippen molar-refractivity contribution in [1.29, 1.82) is 0 Å². The first-order valence-corrected chi connectivity index (χ1v) is 21.5. The molecule has 0 bridgehead atoms. The fourth-order valence-electron chi connectivity index (χ4n) is 4.96. The average Bonchev–Trinajstić information content (AvgIpc) is 3.01. The van der Waals surface area contributed by atoms with Crippen LogP contribution >= 0.6 is 0 Å². The highest BCUT2D eigenvalue weighted by Crippen LogP contribution is 2.18. The molecule has 0 fully saturated rings. The van der Waals surface area contributed by atoms with Crippen LogP contribution < -0.4 is 15.4 Å². The highest BCUT2D eigenvalue weighted by molar-refractivity contribution is 6.76.